The Morgan fingerprint density at radius 2 is 2.00 bits per heavy atom. The van der Waals surface area contributed by atoms with Crippen molar-refractivity contribution in [2.45, 2.75) is 25.9 Å². The molecule has 1 fully saturated rings. The molecule has 0 saturated carbocycles. The van der Waals surface area contributed by atoms with Crippen LogP contribution >= 0.6 is 0 Å². The van der Waals surface area contributed by atoms with Gasteiger partial charge in [0.1, 0.15) is 6.54 Å². The number of nitrogens with zero attached hydrogens (tertiary/aromatic N) is 2. The van der Waals surface area contributed by atoms with Gasteiger partial charge in [-0.25, -0.2) is 4.90 Å². The van der Waals surface area contributed by atoms with E-state index < -0.39 is 0 Å². The molecule has 1 aromatic carbocycles. The van der Waals surface area contributed by atoms with Crippen LogP contribution in [0.15, 0.2) is 48.8 Å². The number of anilines is 1. The maximum atomic E-state index is 12.5. The van der Waals surface area contributed by atoms with E-state index >= 15 is 0 Å². The highest BCUT2D eigenvalue weighted by atomic mass is 16.2. The number of carbonyl (C=O) groups is 2. The summed E-state index contributed by atoms with van der Waals surface area (Å²) in [7, 11) is 0. The van der Waals surface area contributed by atoms with E-state index in [-0.39, 0.29) is 24.3 Å². The van der Waals surface area contributed by atoms with E-state index in [1.54, 1.807) is 12.4 Å². The van der Waals surface area contributed by atoms with Gasteiger partial charge in [-0.15, -0.1) is 0 Å². The fourth-order valence-corrected chi connectivity index (χ4v) is 2.60. The summed E-state index contributed by atoms with van der Waals surface area (Å²) in [6, 6.07) is 10.9. The van der Waals surface area contributed by atoms with Gasteiger partial charge in [0.15, 0.2) is 6.04 Å². The van der Waals surface area contributed by atoms with Gasteiger partial charge < -0.3 is 5.32 Å². The molecule has 0 radical (unpaired) electrons. The van der Waals surface area contributed by atoms with Gasteiger partial charge in [-0.2, -0.15) is 0 Å². The number of amides is 2. The zero-order chi connectivity index (χ0) is 15.5. The highest BCUT2D eigenvalue weighted by molar-refractivity contribution is 6.21. The predicted octanol–water partition coefficient (Wildman–Crippen LogP) is 0.786. The molecule has 0 aliphatic carbocycles. The number of hydrogen-bond donors (Lipinski definition) is 1. The molecule has 0 unspecified atom stereocenters. The number of nitrogens with two attached hydrogens (primary N) is 1. The van der Waals surface area contributed by atoms with Gasteiger partial charge in [-0.3, -0.25) is 14.6 Å². The van der Waals surface area contributed by atoms with Gasteiger partial charge in [0.25, 0.3) is 5.91 Å². The summed E-state index contributed by atoms with van der Waals surface area (Å²) in [6.07, 6.45) is 3.73. The maximum absolute atomic E-state index is 12.5. The number of hydrogen-bond acceptors (Lipinski definition) is 3. The van der Waals surface area contributed by atoms with Crippen LogP contribution in [0.1, 0.15) is 17.5 Å². The number of carbonyl (C=O) groups excluding carboxylic acids is 2. The number of imide groups is 1. The van der Waals surface area contributed by atoms with Gasteiger partial charge in [-0.1, -0.05) is 23.8 Å². The molecule has 0 spiro atoms. The third-order valence-electron chi connectivity index (χ3n) is 3.83. The third kappa shape index (κ3) is 2.89. The number of rotatable bonds is 4. The van der Waals surface area contributed by atoms with E-state index in [0.717, 1.165) is 11.1 Å². The van der Waals surface area contributed by atoms with Crippen LogP contribution in [-0.2, 0) is 16.1 Å². The molecule has 1 saturated heterocycles. The molecule has 2 heterocycles. The molecule has 0 bridgehead atoms. The molecule has 5 heteroatoms. The quantitative estimate of drug-likeness (QED) is 0.848. The van der Waals surface area contributed by atoms with Crippen molar-refractivity contribution in [1.82, 2.24) is 4.98 Å². The zero-order valence-electron chi connectivity index (χ0n) is 12.4. The molecule has 2 amide bonds. The Hall–Kier alpha value is -2.53. The Labute approximate surface area is 129 Å². The highest BCUT2D eigenvalue weighted by Gasteiger charge is 2.42. The Bertz CT molecular complexity index is 683. The maximum Gasteiger partial charge on any atom is 0.292 e. The van der Waals surface area contributed by atoms with E-state index in [1.807, 2.05) is 48.6 Å². The Balaban J connectivity index is 1.70. The Morgan fingerprint density at radius 1 is 1.23 bits per heavy atom. The van der Waals surface area contributed by atoms with Crippen LogP contribution in [-0.4, -0.2) is 22.8 Å². The molecule has 1 aliphatic rings. The van der Waals surface area contributed by atoms with Crippen molar-refractivity contribution in [1.29, 1.82) is 0 Å². The van der Waals surface area contributed by atoms with Crippen LogP contribution in [0.25, 0.3) is 0 Å². The SMILES string of the molecule is Cc1ccc(N2C(=O)C[C@@H]([NH2+]Cc3cccnc3)C2=O)cc1. The average molecular weight is 296 g/mol. The summed E-state index contributed by atoms with van der Waals surface area (Å²) >= 11 is 0. The number of benzene rings is 1. The molecule has 22 heavy (non-hydrogen) atoms. The Kier molecular flexibility index (Phi) is 3.98. The van der Waals surface area contributed by atoms with Crippen molar-refractivity contribution in [2.75, 3.05) is 4.90 Å². The molecule has 2 aromatic rings. The monoisotopic (exact) mass is 296 g/mol. The second-order valence-corrected chi connectivity index (χ2v) is 5.51. The van der Waals surface area contributed by atoms with Crippen LogP contribution in [0.2, 0.25) is 0 Å². The minimum absolute atomic E-state index is 0.138. The second-order valence-electron chi connectivity index (χ2n) is 5.51. The lowest BCUT2D eigenvalue weighted by Crippen LogP contribution is -2.90. The highest BCUT2D eigenvalue weighted by Crippen LogP contribution is 2.21. The first-order chi connectivity index (χ1) is 10.6. The summed E-state index contributed by atoms with van der Waals surface area (Å²) in [6.45, 7) is 2.61. The normalized spacial score (nSPS) is 18.0. The van der Waals surface area contributed by atoms with Crippen LogP contribution in [0.5, 0.6) is 0 Å². The predicted molar refractivity (Wildman–Crippen MR) is 81.9 cm³/mol. The summed E-state index contributed by atoms with van der Waals surface area (Å²) in [4.78, 5) is 30.0. The lowest BCUT2D eigenvalue weighted by atomic mass is 10.2. The van der Waals surface area contributed by atoms with Gasteiger partial charge in [0.05, 0.1) is 12.1 Å². The first-order valence-electron chi connectivity index (χ1n) is 7.31. The summed E-state index contributed by atoms with van der Waals surface area (Å²) in [5, 5.41) is 1.91. The number of pyridine rings is 1. The molecule has 1 aromatic heterocycles. The van der Waals surface area contributed by atoms with Crippen molar-refractivity contribution in [3.8, 4) is 0 Å². The molecular weight excluding hydrogens is 278 g/mol. The van der Waals surface area contributed by atoms with Gasteiger partial charge in [0.2, 0.25) is 5.91 Å². The van der Waals surface area contributed by atoms with Gasteiger partial charge in [0, 0.05) is 18.0 Å². The lowest BCUT2D eigenvalue weighted by molar-refractivity contribution is -0.690. The van der Waals surface area contributed by atoms with E-state index in [9.17, 15) is 9.59 Å². The number of quaternary nitrogens is 1. The first-order valence-corrected chi connectivity index (χ1v) is 7.31. The molecule has 112 valence electrons. The summed E-state index contributed by atoms with van der Waals surface area (Å²) in [5.41, 5.74) is 2.79. The fourth-order valence-electron chi connectivity index (χ4n) is 2.60. The Morgan fingerprint density at radius 3 is 2.68 bits per heavy atom. The minimum atomic E-state index is -0.353. The third-order valence-corrected chi connectivity index (χ3v) is 3.83. The van der Waals surface area contributed by atoms with Crippen molar-refractivity contribution in [2.24, 2.45) is 0 Å². The van der Waals surface area contributed by atoms with Crippen molar-refractivity contribution < 1.29 is 14.9 Å². The fraction of sp³-hybridized carbons (Fsp3) is 0.235. The topological polar surface area (TPSA) is 66.9 Å². The second kappa shape index (κ2) is 6.07. The summed E-state index contributed by atoms with van der Waals surface area (Å²) in [5.74, 6) is -0.279. The largest absolute Gasteiger partial charge is 0.332 e. The molecule has 2 N–H and O–H groups in total. The molecule has 1 atom stereocenters. The number of aromatic nitrogens is 1. The van der Waals surface area contributed by atoms with E-state index in [2.05, 4.69) is 4.98 Å². The van der Waals surface area contributed by atoms with Crippen LogP contribution in [0, 0.1) is 6.92 Å². The van der Waals surface area contributed by atoms with Crippen molar-refractivity contribution >= 4 is 17.5 Å². The van der Waals surface area contributed by atoms with Gasteiger partial charge in [-0.05, 0) is 25.1 Å². The zero-order valence-corrected chi connectivity index (χ0v) is 12.4. The molecular formula is C17H18N3O2+. The van der Waals surface area contributed by atoms with Crippen molar-refractivity contribution in [3.05, 3.63) is 59.9 Å². The lowest BCUT2D eigenvalue weighted by Gasteiger charge is -2.14. The smallest absolute Gasteiger partial charge is 0.292 e. The summed E-state index contributed by atoms with van der Waals surface area (Å²) < 4.78 is 0. The van der Waals surface area contributed by atoms with E-state index in [1.165, 1.54) is 4.90 Å². The van der Waals surface area contributed by atoms with Crippen molar-refractivity contribution in [3.63, 3.8) is 0 Å². The molecule has 3 rings (SSSR count). The minimum Gasteiger partial charge on any atom is -0.332 e. The van der Waals surface area contributed by atoms with Crippen LogP contribution in [0.3, 0.4) is 0 Å². The number of aryl methyl sites for hydroxylation is 1. The van der Waals surface area contributed by atoms with Crippen LogP contribution < -0.4 is 10.2 Å². The van der Waals surface area contributed by atoms with E-state index in [0.29, 0.717) is 12.2 Å². The first kappa shape index (κ1) is 14.4. The standard InChI is InChI=1S/C17H17N3O2/c1-12-4-6-14(7-5-12)20-16(21)9-15(17(20)22)19-11-13-3-2-8-18-10-13/h2-8,10,15,19H,9,11H2,1H3/p+1/t15-/m1/s1. The molecule has 1 aliphatic heterocycles. The molecule has 5 nitrogen and oxygen atoms in total. The van der Waals surface area contributed by atoms with Gasteiger partial charge >= 0.3 is 0 Å². The van der Waals surface area contributed by atoms with E-state index in [4.69, 9.17) is 0 Å². The average Bonchev–Trinajstić information content (AvgIpc) is 2.82. The van der Waals surface area contributed by atoms with Crippen LogP contribution in [0.4, 0.5) is 5.69 Å².